The summed E-state index contributed by atoms with van der Waals surface area (Å²) in [6.07, 6.45) is 4.81. The normalized spacial score (nSPS) is 10.8. The van der Waals surface area contributed by atoms with Crippen LogP contribution >= 0.6 is 0 Å². The van der Waals surface area contributed by atoms with Crippen LogP contribution in [0.25, 0.3) is 22.5 Å². The summed E-state index contributed by atoms with van der Waals surface area (Å²) in [6.45, 7) is 4.07. The number of phenolic OH excluding ortho intramolecular Hbond substituents is 2. The van der Waals surface area contributed by atoms with Crippen molar-refractivity contribution in [2.75, 3.05) is 0 Å². The number of aromatic nitrogens is 6. The summed E-state index contributed by atoms with van der Waals surface area (Å²) in [5.74, 6) is 0.465. The molecule has 111 heavy (non-hydrogen) atoms. The molecule has 6 aromatic heterocycles. The molecule has 10 aromatic carbocycles. The molecule has 0 radical (unpaired) electrons. The summed E-state index contributed by atoms with van der Waals surface area (Å²) >= 11 is 0. The van der Waals surface area contributed by atoms with Crippen LogP contribution < -0.4 is 43.7 Å². The van der Waals surface area contributed by atoms with Gasteiger partial charge in [0.1, 0.15) is 23.8 Å². The van der Waals surface area contributed by atoms with Gasteiger partial charge in [0.15, 0.2) is 0 Å². The molecule has 0 amide bonds. The van der Waals surface area contributed by atoms with Crippen molar-refractivity contribution >= 4 is 56.0 Å². The van der Waals surface area contributed by atoms with Crippen LogP contribution in [0.4, 0.5) is 0 Å². The maximum Gasteiger partial charge on any atom is 0.124 e. The zero-order valence-corrected chi connectivity index (χ0v) is 63.7. The van der Waals surface area contributed by atoms with Crippen LogP contribution in [0.3, 0.4) is 0 Å². The van der Waals surface area contributed by atoms with Crippen LogP contribution in [-0.4, -0.2) is 67.7 Å². The van der Waals surface area contributed by atoms with Crippen molar-refractivity contribution in [1.82, 2.24) is 39.7 Å². The molecule has 0 aliphatic rings. The first-order valence-corrected chi connectivity index (χ1v) is 36.7. The molecule has 0 spiro atoms. The van der Waals surface area contributed by atoms with Crippen LogP contribution in [0.15, 0.2) is 425 Å². The fourth-order valence-corrected chi connectivity index (χ4v) is 14.7. The second-order valence-electron chi connectivity index (χ2n) is 26.7. The summed E-state index contributed by atoms with van der Waals surface area (Å²) in [5.41, 5.74) is 19.6. The zero-order valence-electron chi connectivity index (χ0n) is 61.5. The summed E-state index contributed by atoms with van der Waals surface area (Å²) < 4.78 is 0. The minimum atomic E-state index is -1.22. The van der Waals surface area contributed by atoms with Crippen molar-refractivity contribution in [3.05, 3.63) is 459 Å². The Bertz CT molecular complexity index is 4570. The van der Waals surface area contributed by atoms with E-state index in [4.69, 9.17) is 9.97 Å². The predicted molar refractivity (Wildman–Crippen MR) is 449 cm³/mol. The van der Waals surface area contributed by atoms with Gasteiger partial charge in [-0.2, -0.15) is 43.7 Å². The van der Waals surface area contributed by atoms with Crippen molar-refractivity contribution in [2.24, 2.45) is 0 Å². The van der Waals surface area contributed by atoms with E-state index in [1.165, 1.54) is 43.7 Å². The van der Waals surface area contributed by atoms with Gasteiger partial charge in [0.2, 0.25) is 0 Å². The molecule has 4 N–H and O–H groups in total. The molecule has 0 atom stereocenters. The van der Waals surface area contributed by atoms with Crippen LogP contribution in [0.1, 0.15) is 34.2 Å². The number of hydrogen-bond donors (Lipinski definition) is 2. The monoisotopic (exact) mass is 1530 g/mol. The summed E-state index contributed by atoms with van der Waals surface area (Å²) in [4.78, 5) is 32.0. The van der Waals surface area contributed by atoms with E-state index in [-0.39, 0.29) is 51.1 Å². The molecule has 0 fully saturated rings. The molecule has 0 saturated carbocycles. The molecule has 16 rings (SSSR count). The Hall–Kier alpha value is -12.3. The zero-order chi connectivity index (χ0) is 73.7. The third-order valence-electron chi connectivity index (χ3n) is 19.6. The molecular formula is C96H86B2Fe2N8O3-2. The molecule has 0 unspecified atom stereocenters. The number of hydrogen-bond acceptors (Lipinski definition) is 10. The Balaban J connectivity index is 0.000000156. The summed E-state index contributed by atoms with van der Waals surface area (Å²) in [5, 5.41) is 20.3. The van der Waals surface area contributed by atoms with Gasteiger partial charge in [-0.05, 0) is 97.1 Å². The number of pyridine rings is 6. The van der Waals surface area contributed by atoms with Gasteiger partial charge >= 0.3 is 0 Å². The van der Waals surface area contributed by atoms with Crippen LogP contribution in [0.2, 0.25) is 0 Å². The van der Waals surface area contributed by atoms with Crippen molar-refractivity contribution in [1.29, 1.82) is 0 Å². The fourth-order valence-electron chi connectivity index (χ4n) is 14.7. The summed E-state index contributed by atoms with van der Waals surface area (Å²) in [7, 11) is 0. The smallest absolute Gasteiger partial charge is 0.124 e. The molecule has 552 valence electrons. The quantitative estimate of drug-likeness (QED) is 0.0626. The Morgan fingerprint density at radius 3 is 0.604 bits per heavy atom. The molecule has 0 saturated heterocycles. The largest absolute Gasteiger partial charge is 0.507 e. The topological polar surface area (TPSA) is 156 Å². The third kappa shape index (κ3) is 21.2. The Morgan fingerprint density at radius 1 is 0.207 bits per heavy atom. The molecular weight excluding hydrogens is 1450 g/mol. The maximum atomic E-state index is 10.2. The number of benzene rings is 10. The van der Waals surface area contributed by atoms with Crippen LogP contribution in [0, 0.1) is 0 Å². The number of aromatic hydroxyl groups is 2. The fraction of sp³-hybridized carbons (Fsp3) is 0.0625. The molecule has 0 aliphatic carbocycles. The predicted octanol–water partition coefficient (Wildman–Crippen LogP) is 14.2. The standard InChI is InChI=1S/2C24H20B.2C24H22N4O.2Fe.H2O/c2*1-5-13-21(14-6-1)25(22-15-7-2-8-16-22,23-17-9-3-10-18-23)24-19-11-4-12-20-24;2*29-24-13-2-1-11-22(24)23-12-7-10-21(27-23)18-28(16-19-8-3-5-14-25-19)17-20-9-4-6-15-26-20;;;/h2*1-20H;2*1-15,29H,16-18H2;;;1H2/q2*-1;;;;;. The van der Waals surface area contributed by atoms with Crippen LogP contribution in [0.5, 0.6) is 11.5 Å². The van der Waals surface area contributed by atoms with Gasteiger partial charge in [-0.3, -0.25) is 39.7 Å². The Kier molecular flexibility index (Phi) is 30.7. The minimum Gasteiger partial charge on any atom is -0.507 e. The van der Waals surface area contributed by atoms with E-state index in [1.807, 2.05) is 170 Å². The van der Waals surface area contributed by atoms with Gasteiger partial charge in [-0.25, -0.2) is 0 Å². The number of phenols is 2. The van der Waals surface area contributed by atoms with Crippen molar-refractivity contribution in [2.45, 2.75) is 39.3 Å². The number of rotatable bonds is 22. The average Bonchev–Trinajstić information content (AvgIpc) is 0.743. The van der Waals surface area contributed by atoms with Crippen molar-refractivity contribution in [3.8, 4) is 34.0 Å². The van der Waals surface area contributed by atoms with Crippen molar-refractivity contribution < 1.29 is 49.8 Å². The van der Waals surface area contributed by atoms with Gasteiger partial charge in [0, 0.05) is 109 Å². The minimum absolute atomic E-state index is 0. The van der Waals surface area contributed by atoms with E-state index in [0.29, 0.717) is 39.3 Å². The average molecular weight is 1530 g/mol. The molecule has 11 nitrogen and oxygen atoms in total. The molecule has 0 bridgehead atoms. The van der Waals surface area contributed by atoms with E-state index in [1.54, 1.807) is 12.1 Å². The molecule has 16 aromatic rings. The van der Waals surface area contributed by atoms with E-state index in [0.717, 1.165) is 56.7 Å². The molecule has 15 heteroatoms. The number of nitrogens with zero attached hydrogens (tertiary/aromatic N) is 8. The van der Waals surface area contributed by atoms with E-state index in [2.05, 4.69) is 272 Å². The van der Waals surface area contributed by atoms with E-state index >= 15 is 0 Å². The Labute approximate surface area is 673 Å². The van der Waals surface area contributed by atoms with Gasteiger partial charge < -0.3 is 15.7 Å². The number of para-hydroxylation sites is 2. The van der Waals surface area contributed by atoms with Gasteiger partial charge in [-0.1, -0.05) is 303 Å². The first-order valence-electron chi connectivity index (χ1n) is 36.7. The Morgan fingerprint density at radius 2 is 0.396 bits per heavy atom. The van der Waals surface area contributed by atoms with Gasteiger partial charge in [0.25, 0.3) is 0 Å². The van der Waals surface area contributed by atoms with E-state index in [9.17, 15) is 10.2 Å². The van der Waals surface area contributed by atoms with Crippen molar-refractivity contribution in [3.63, 3.8) is 0 Å². The first-order chi connectivity index (χ1) is 53.4. The second kappa shape index (κ2) is 41.9. The van der Waals surface area contributed by atoms with Crippen LogP contribution in [-0.2, 0) is 73.4 Å². The maximum absolute atomic E-state index is 10.2. The SMILES string of the molecule is O.Oc1ccccc1-c1cccc(CN(Cc2ccccn2)Cc2ccccn2)n1.Oc1ccccc1-c1cccc(CN(Cc2ccccn2)Cc2ccccn2)n1.[Fe].[Fe].c1ccc([B-](c2ccccc2)(c2ccccc2)c2ccccc2)cc1.c1ccc([B-](c2ccccc2)(c2ccccc2)c2ccccc2)cc1. The van der Waals surface area contributed by atoms with Gasteiger partial charge in [-0.15, -0.1) is 0 Å². The second-order valence-corrected chi connectivity index (χ2v) is 26.7. The third-order valence-corrected chi connectivity index (χ3v) is 19.6. The van der Waals surface area contributed by atoms with Gasteiger partial charge in [0.05, 0.1) is 45.6 Å². The molecule has 6 heterocycles. The summed E-state index contributed by atoms with van der Waals surface area (Å²) in [6, 6.07) is 137. The first kappa shape index (κ1) is 81.3. The molecule has 0 aliphatic heterocycles. The van der Waals surface area contributed by atoms with E-state index < -0.39 is 12.3 Å².